The van der Waals surface area contributed by atoms with Gasteiger partial charge in [0.05, 0.1) is 12.1 Å². The van der Waals surface area contributed by atoms with E-state index in [0.29, 0.717) is 34.6 Å². The van der Waals surface area contributed by atoms with Crippen LogP contribution in [0.25, 0.3) is 0 Å². The van der Waals surface area contributed by atoms with Crippen LogP contribution >= 0.6 is 11.6 Å². The fraction of sp³-hybridized carbons (Fsp3) is 0.316. The number of methoxy groups -OCH3 is 1. The maximum Gasteiger partial charge on any atom is 0.243 e. The van der Waals surface area contributed by atoms with Crippen LogP contribution < -0.4 is 14.8 Å². The predicted molar refractivity (Wildman–Crippen MR) is 104 cm³/mol. The second-order valence-electron chi connectivity index (χ2n) is 6.07. The van der Waals surface area contributed by atoms with Gasteiger partial charge in [0.15, 0.2) is 11.5 Å². The minimum atomic E-state index is -0.330. The van der Waals surface area contributed by atoms with E-state index in [1.54, 1.807) is 28.9 Å². The van der Waals surface area contributed by atoms with E-state index < -0.39 is 0 Å². The Morgan fingerprint density at radius 1 is 1.25 bits per heavy atom. The van der Waals surface area contributed by atoms with Crippen molar-refractivity contribution in [1.29, 1.82) is 0 Å². The molecule has 0 aliphatic carbocycles. The van der Waals surface area contributed by atoms with Crippen LogP contribution in [0.5, 0.6) is 11.5 Å². The van der Waals surface area contributed by atoms with E-state index in [4.69, 9.17) is 21.1 Å². The molecule has 0 saturated heterocycles. The van der Waals surface area contributed by atoms with Crippen molar-refractivity contribution in [3.05, 3.63) is 58.4 Å². The summed E-state index contributed by atoms with van der Waals surface area (Å²) in [5, 5.41) is 15.1. The van der Waals surface area contributed by atoms with Crippen LogP contribution in [0, 0.1) is 5.82 Å². The number of nitrogens with one attached hydrogen (secondary N) is 1. The van der Waals surface area contributed by atoms with Crippen LogP contribution in [0.3, 0.4) is 0 Å². The normalized spacial score (nSPS) is 10.7. The van der Waals surface area contributed by atoms with Gasteiger partial charge in [0.2, 0.25) is 5.95 Å². The second kappa shape index (κ2) is 9.36. The number of aryl methyl sites for hydroxylation is 1. The van der Waals surface area contributed by atoms with E-state index in [-0.39, 0.29) is 12.4 Å². The van der Waals surface area contributed by atoms with Gasteiger partial charge in [0, 0.05) is 18.7 Å². The molecular weight excluding hydrogens is 385 g/mol. The number of anilines is 1. The average Bonchev–Trinajstić information content (AvgIpc) is 3.13. The third-order valence-corrected chi connectivity index (χ3v) is 4.32. The molecule has 0 aliphatic heterocycles. The fourth-order valence-corrected chi connectivity index (χ4v) is 2.94. The van der Waals surface area contributed by atoms with Crippen LogP contribution in [0.15, 0.2) is 36.4 Å². The van der Waals surface area contributed by atoms with Crippen molar-refractivity contribution >= 4 is 17.5 Å². The van der Waals surface area contributed by atoms with Crippen LogP contribution in [0.4, 0.5) is 10.3 Å². The lowest BCUT2D eigenvalue weighted by Crippen LogP contribution is -2.09. The van der Waals surface area contributed by atoms with Crippen molar-refractivity contribution in [3.8, 4) is 11.5 Å². The molecule has 0 spiro atoms. The summed E-state index contributed by atoms with van der Waals surface area (Å²) in [6, 6.07) is 10.0. The number of aromatic nitrogens is 4. The lowest BCUT2D eigenvalue weighted by atomic mass is 10.2. The maximum absolute atomic E-state index is 13.8. The van der Waals surface area contributed by atoms with E-state index in [1.807, 2.05) is 6.07 Å². The third-order valence-electron chi connectivity index (χ3n) is 4.04. The van der Waals surface area contributed by atoms with Crippen molar-refractivity contribution in [2.75, 3.05) is 12.4 Å². The Bertz CT molecular complexity index is 934. The molecular formula is C19H21ClFN5O2. The van der Waals surface area contributed by atoms with Gasteiger partial charge in [-0.15, -0.1) is 0 Å². The summed E-state index contributed by atoms with van der Waals surface area (Å²) in [6.07, 6.45) is 0.924. The largest absolute Gasteiger partial charge is 0.493 e. The number of hydrogen-bond donors (Lipinski definition) is 1. The van der Waals surface area contributed by atoms with Crippen molar-refractivity contribution in [3.63, 3.8) is 0 Å². The summed E-state index contributed by atoms with van der Waals surface area (Å²) in [6.45, 7) is 3.28. The summed E-state index contributed by atoms with van der Waals surface area (Å²) >= 11 is 6.39. The van der Waals surface area contributed by atoms with Crippen LogP contribution in [0.1, 0.15) is 24.5 Å². The fourth-order valence-electron chi connectivity index (χ4n) is 2.66. The topological polar surface area (TPSA) is 74.1 Å². The first-order chi connectivity index (χ1) is 13.6. The highest BCUT2D eigenvalue weighted by molar-refractivity contribution is 6.32. The molecule has 0 atom stereocenters. The minimum Gasteiger partial charge on any atom is -0.493 e. The van der Waals surface area contributed by atoms with Gasteiger partial charge in [-0.05, 0) is 40.6 Å². The van der Waals surface area contributed by atoms with E-state index in [1.165, 1.54) is 13.2 Å². The van der Waals surface area contributed by atoms with Gasteiger partial charge >= 0.3 is 0 Å². The molecule has 9 heteroatoms. The summed E-state index contributed by atoms with van der Waals surface area (Å²) in [5.74, 6) is 1.08. The van der Waals surface area contributed by atoms with Gasteiger partial charge in [0.1, 0.15) is 12.4 Å². The molecule has 0 unspecified atom stereocenters. The van der Waals surface area contributed by atoms with Gasteiger partial charge in [-0.1, -0.05) is 41.8 Å². The van der Waals surface area contributed by atoms with E-state index in [9.17, 15) is 4.39 Å². The zero-order valence-corrected chi connectivity index (χ0v) is 16.4. The van der Waals surface area contributed by atoms with Crippen LogP contribution in [0.2, 0.25) is 5.02 Å². The molecule has 1 aromatic heterocycles. The van der Waals surface area contributed by atoms with E-state index >= 15 is 0 Å². The molecule has 1 N–H and O–H groups in total. The van der Waals surface area contributed by atoms with Crippen molar-refractivity contribution in [2.45, 2.75) is 33.0 Å². The molecule has 0 fully saturated rings. The van der Waals surface area contributed by atoms with Crippen LogP contribution in [-0.2, 0) is 19.7 Å². The van der Waals surface area contributed by atoms with E-state index in [2.05, 4.69) is 27.8 Å². The van der Waals surface area contributed by atoms with Crippen molar-refractivity contribution < 1.29 is 13.9 Å². The predicted octanol–water partition coefficient (Wildman–Crippen LogP) is 4.08. The molecule has 0 bridgehead atoms. The van der Waals surface area contributed by atoms with Gasteiger partial charge in [-0.25, -0.2) is 9.07 Å². The van der Waals surface area contributed by atoms with Gasteiger partial charge < -0.3 is 14.8 Å². The average molecular weight is 406 g/mol. The third kappa shape index (κ3) is 4.69. The number of ether oxygens (including phenoxy) is 2. The quantitative estimate of drug-likeness (QED) is 0.578. The zero-order chi connectivity index (χ0) is 19.9. The smallest absolute Gasteiger partial charge is 0.243 e. The highest BCUT2D eigenvalue weighted by Crippen LogP contribution is 2.37. The summed E-state index contributed by atoms with van der Waals surface area (Å²) in [4.78, 5) is 0. The number of nitrogens with zero attached hydrogens (tertiary/aromatic N) is 4. The molecule has 2 aromatic carbocycles. The molecule has 0 saturated carbocycles. The zero-order valence-electron chi connectivity index (χ0n) is 15.7. The molecule has 0 radical (unpaired) electrons. The molecule has 7 nitrogen and oxygen atoms in total. The summed E-state index contributed by atoms with van der Waals surface area (Å²) in [5.41, 5.74) is 1.31. The molecule has 148 valence electrons. The van der Waals surface area contributed by atoms with Gasteiger partial charge in [0.25, 0.3) is 0 Å². The summed E-state index contributed by atoms with van der Waals surface area (Å²) in [7, 11) is 1.53. The molecule has 3 aromatic rings. The Labute approximate surface area is 167 Å². The SMILES string of the molecule is CCCn1nnnc1NCc1cc(Cl)c(OCc2ccccc2F)c(OC)c1. The first-order valence-electron chi connectivity index (χ1n) is 8.85. The minimum absolute atomic E-state index is 0.0478. The molecule has 0 amide bonds. The Morgan fingerprint density at radius 2 is 2.07 bits per heavy atom. The highest BCUT2D eigenvalue weighted by atomic mass is 35.5. The number of rotatable bonds is 9. The Hall–Kier alpha value is -2.87. The number of benzene rings is 2. The van der Waals surface area contributed by atoms with Crippen molar-refractivity contribution in [1.82, 2.24) is 20.2 Å². The Kier molecular flexibility index (Phi) is 6.65. The Balaban J connectivity index is 1.72. The first kappa shape index (κ1) is 19.9. The van der Waals surface area contributed by atoms with Gasteiger partial charge in [-0.3, -0.25) is 0 Å². The Morgan fingerprint density at radius 3 is 2.82 bits per heavy atom. The number of halogens is 2. The first-order valence-corrected chi connectivity index (χ1v) is 9.22. The van der Waals surface area contributed by atoms with Crippen molar-refractivity contribution in [2.24, 2.45) is 0 Å². The molecule has 3 rings (SSSR count). The lowest BCUT2D eigenvalue weighted by molar-refractivity contribution is 0.280. The monoisotopic (exact) mass is 405 g/mol. The maximum atomic E-state index is 13.8. The highest BCUT2D eigenvalue weighted by Gasteiger charge is 2.14. The van der Waals surface area contributed by atoms with Crippen LogP contribution in [-0.4, -0.2) is 27.3 Å². The van der Waals surface area contributed by atoms with Gasteiger partial charge in [-0.2, -0.15) is 0 Å². The summed E-state index contributed by atoms with van der Waals surface area (Å²) < 4.78 is 26.6. The number of hydrogen-bond acceptors (Lipinski definition) is 6. The number of tetrazole rings is 1. The molecule has 28 heavy (non-hydrogen) atoms. The lowest BCUT2D eigenvalue weighted by Gasteiger charge is -2.15. The molecule has 0 aliphatic rings. The standard InChI is InChI=1S/C19H21ClFN5O2/c1-3-8-26-19(23-24-25-26)22-11-13-9-15(20)18(17(10-13)27-2)28-12-14-6-4-5-7-16(14)21/h4-7,9-10H,3,8,11-12H2,1-2H3,(H,22,23,25). The second-order valence-corrected chi connectivity index (χ2v) is 6.48. The van der Waals surface area contributed by atoms with E-state index in [0.717, 1.165) is 18.5 Å². The molecule has 1 heterocycles.